The van der Waals surface area contributed by atoms with Gasteiger partial charge in [-0.1, -0.05) is 6.92 Å². The van der Waals surface area contributed by atoms with E-state index in [0.29, 0.717) is 28.7 Å². The minimum absolute atomic E-state index is 0.173. The van der Waals surface area contributed by atoms with E-state index in [0.717, 1.165) is 0 Å². The number of ether oxygens (including phenoxy) is 5. The summed E-state index contributed by atoms with van der Waals surface area (Å²) < 4.78 is 26.2. The van der Waals surface area contributed by atoms with Gasteiger partial charge >= 0.3 is 5.97 Å². The predicted molar refractivity (Wildman–Crippen MR) is 103 cm³/mol. The van der Waals surface area contributed by atoms with Gasteiger partial charge in [0.15, 0.2) is 23.0 Å². The van der Waals surface area contributed by atoms with Crippen LogP contribution in [0.1, 0.15) is 23.7 Å². The third-order valence-corrected chi connectivity index (χ3v) is 3.86. The Morgan fingerprint density at radius 3 is 1.93 bits per heavy atom. The third-order valence-electron chi connectivity index (χ3n) is 3.86. The Bertz CT molecular complexity index is 839. The number of rotatable bonds is 8. The summed E-state index contributed by atoms with van der Waals surface area (Å²) in [5.41, 5.74) is 0.732. The van der Waals surface area contributed by atoms with Crippen LogP contribution in [0.15, 0.2) is 30.3 Å². The molecule has 0 aromatic heterocycles. The van der Waals surface area contributed by atoms with E-state index in [1.807, 2.05) is 0 Å². The number of benzene rings is 2. The number of nitrogens with one attached hydrogen (secondary N) is 1. The largest absolute Gasteiger partial charge is 0.493 e. The molecule has 2 rings (SSSR count). The van der Waals surface area contributed by atoms with Crippen molar-refractivity contribution in [1.82, 2.24) is 0 Å². The molecule has 0 heterocycles. The molecule has 8 nitrogen and oxygen atoms in total. The Labute approximate surface area is 163 Å². The summed E-state index contributed by atoms with van der Waals surface area (Å²) in [5, 5.41) is 2.76. The van der Waals surface area contributed by atoms with Gasteiger partial charge in [-0.2, -0.15) is 0 Å². The van der Waals surface area contributed by atoms with Gasteiger partial charge in [-0.15, -0.1) is 0 Å². The first-order valence-electron chi connectivity index (χ1n) is 8.47. The molecule has 1 amide bonds. The molecule has 0 aliphatic heterocycles. The van der Waals surface area contributed by atoms with Crippen LogP contribution >= 0.6 is 0 Å². The average molecular weight is 389 g/mol. The van der Waals surface area contributed by atoms with Crippen LogP contribution in [-0.2, 0) is 4.79 Å². The van der Waals surface area contributed by atoms with E-state index in [1.165, 1.54) is 34.5 Å². The predicted octanol–water partition coefficient (Wildman–Crippen LogP) is 3.29. The maximum Gasteiger partial charge on any atom is 0.311 e. The molecule has 0 saturated carbocycles. The van der Waals surface area contributed by atoms with E-state index < -0.39 is 11.9 Å². The molecule has 0 unspecified atom stereocenters. The standard InChI is InChI=1S/C20H23NO7/c1-6-18(22)28-15-9-12(7-8-14(15)24-2)20(23)21-13-10-16(25-3)19(27-5)17(11-13)26-4/h7-11H,6H2,1-5H3,(H,21,23). The van der Waals surface area contributed by atoms with Crippen molar-refractivity contribution in [3.8, 4) is 28.7 Å². The normalized spacial score (nSPS) is 10.0. The molecule has 0 fully saturated rings. The highest BCUT2D eigenvalue weighted by atomic mass is 16.6. The summed E-state index contributed by atoms with van der Waals surface area (Å²) in [4.78, 5) is 24.3. The zero-order valence-electron chi connectivity index (χ0n) is 16.5. The number of methoxy groups -OCH3 is 4. The highest BCUT2D eigenvalue weighted by molar-refractivity contribution is 6.05. The summed E-state index contributed by atoms with van der Waals surface area (Å²) in [5.74, 6) is 0.916. The molecule has 0 spiro atoms. The van der Waals surface area contributed by atoms with Gasteiger partial charge in [0.25, 0.3) is 5.91 Å². The van der Waals surface area contributed by atoms with Gasteiger partial charge in [0, 0.05) is 29.8 Å². The fourth-order valence-electron chi connectivity index (χ4n) is 2.45. The summed E-state index contributed by atoms with van der Waals surface area (Å²) in [7, 11) is 5.92. The average Bonchev–Trinajstić information content (AvgIpc) is 2.72. The molecule has 0 atom stereocenters. The summed E-state index contributed by atoms with van der Waals surface area (Å²) in [6, 6.07) is 7.79. The SMILES string of the molecule is CCC(=O)Oc1cc(C(=O)Nc2cc(OC)c(OC)c(OC)c2)ccc1OC. The molecule has 0 saturated heterocycles. The maximum atomic E-state index is 12.7. The second kappa shape index (κ2) is 9.50. The lowest BCUT2D eigenvalue weighted by Crippen LogP contribution is -2.13. The van der Waals surface area contributed by atoms with Crippen molar-refractivity contribution in [2.45, 2.75) is 13.3 Å². The number of esters is 1. The van der Waals surface area contributed by atoms with Gasteiger partial charge in [-0.05, 0) is 18.2 Å². The first-order valence-corrected chi connectivity index (χ1v) is 8.47. The topological polar surface area (TPSA) is 92.3 Å². The van der Waals surface area contributed by atoms with Crippen molar-refractivity contribution >= 4 is 17.6 Å². The fourth-order valence-corrected chi connectivity index (χ4v) is 2.45. The van der Waals surface area contributed by atoms with Gasteiger partial charge < -0.3 is 29.0 Å². The summed E-state index contributed by atoms with van der Waals surface area (Å²) in [6.07, 6.45) is 0.199. The van der Waals surface area contributed by atoms with Crippen molar-refractivity contribution in [3.05, 3.63) is 35.9 Å². The molecule has 0 aliphatic rings. The third kappa shape index (κ3) is 4.64. The van der Waals surface area contributed by atoms with Crippen molar-refractivity contribution in [2.75, 3.05) is 33.8 Å². The smallest absolute Gasteiger partial charge is 0.311 e. The second-order valence-electron chi connectivity index (χ2n) is 5.56. The van der Waals surface area contributed by atoms with Crippen LogP contribution < -0.4 is 29.0 Å². The van der Waals surface area contributed by atoms with Crippen LogP contribution in [0.3, 0.4) is 0 Å². The lowest BCUT2D eigenvalue weighted by molar-refractivity contribution is -0.134. The van der Waals surface area contributed by atoms with Gasteiger partial charge in [0.1, 0.15) is 0 Å². The highest BCUT2D eigenvalue weighted by Crippen LogP contribution is 2.40. The lowest BCUT2D eigenvalue weighted by atomic mass is 10.1. The molecule has 2 aromatic carbocycles. The van der Waals surface area contributed by atoms with Crippen molar-refractivity contribution in [3.63, 3.8) is 0 Å². The first-order chi connectivity index (χ1) is 13.5. The van der Waals surface area contributed by atoms with Crippen LogP contribution in [0, 0.1) is 0 Å². The number of carbonyl (C=O) groups is 2. The molecular formula is C20H23NO7. The lowest BCUT2D eigenvalue weighted by Gasteiger charge is -2.15. The Kier molecular flexibility index (Phi) is 7.08. The Hall–Kier alpha value is -3.42. The molecule has 0 aliphatic carbocycles. The number of carbonyl (C=O) groups excluding carboxylic acids is 2. The van der Waals surface area contributed by atoms with Crippen LogP contribution in [0.5, 0.6) is 28.7 Å². The zero-order chi connectivity index (χ0) is 20.7. The van der Waals surface area contributed by atoms with Crippen LogP contribution in [0.2, 0.25) is 0 Å². The maximum absolute atomic E-state index is 12.7. The number of anilines is 1. The van der Waals surface area contributed by atoms with Crippen LogP contribution in [-0.4, -0.2) is 40.3 Å². The second-order valence-corrected chi connectivity index (χ2v) is 5.56. The zero-order valence-corrected chi connectivity index (χ0v) is 16.5. The van der Waals surface area contributed by atoms with E-state index >= 15 is 0 Å². The molecule has 150 valence electrons. The number of amides is 1. The molecule has 0 bridgehead atoms. The van der Waals surface area contributed by atoms with Crippen molar-refractivity contribution < 1.29 is 33.3 Å². The minimum atomic E-state index is -0.430. The molecule has 8 heteroatoms. The molecular weight excluding hydrogens is 366 g/mol. The van der Waals surface area contributed by atoms with Gasteiger partial charge in [0.2, 0.25) is 5.75 Å². The highest BCUT2D eigenvalue weighted by Gasteiger charge is 2.17. The fraction of sp³-hybridized carbons (Fsp3) is 0.300. The number of hydrogen-bond acceptors (Lipinski definition) is 7. The van der Waals surface area contributed by atoms with Gasteiger partial charge in [-0.3, -0.25) is 9.59 Å². The van der Waals surface area contributed by atoms with Gasteiger partial charge in [-0.25, -0.2) is 0 Å². The van der Waals surface area contributed by atoms with E-state index in [-0.39, 0.29) is 17.7 Å². The Morgan fingerprint density at radius 2 is 1.43 bits per heavy atom. The number of hydrogen-bond donors (Lipinski definition) is 1. The minimum Gasteiger partial charge on any atom is -0.493 e. The summed E-state index contributed by atoms with van der Waals surface area (Å²) in [6.45, 7) is 1.68. The van der Waals surface area contributed by atoms with Crippen molar-refractivity contribution in [1.29, 1.82) is 0 Å². The van der Waals surface area contributed by atoms with E-state index in [1.54, 1.807) is 31.2 Å². The molecule has 0 radical (unpaired) electrons. The van der Waals surface area contributed by atoms with E-state index in [2.05, 4.69) is 5.32 Å². The van der Waals surface area contributed by atoms with Crippen molar-refractivity contribution in [2.24, 2.45) is 0 Å². The quantitative estimate of drug-likeness (QED) is 0.547. The van der Waals surface area contributed by atoms with Crippen LogP contribution in [0.25, 0.3) is 0 Å². The molecule has 28 heavy (non-hydrogen) atoms. The van der Waals surface area contributed by atoms with E-state index in [9.17, 15) is 9.59 Å². The Morgan fingerprint density at radius 1 is 0.821 bits per heavy atom. The van der Waals surface area contributed by atoms with Crippen LogP contribution in [0.4, 0.5) is 5.69 Å². The Balaban J connectivity index is 2.32. The first kappa shape index (κ1) is 20.9. The summed E-state index contributed by atoms with van der Waals surface area (Å²) >= 11 is 0. The monoisotopic (exact) mass is 389 g/mol. The molecule has 2 aromatic rings. The van der Waals surface area contributed by atoms with E-state index in [4.69, 9.17) is 23.7 Å². The molecule has 1 N–H and O–H groups in total. The van der Waals surface area contributed by atoms with Gasteiger partial charge in [0.05, 0.1) is 28.4 Å².